The first-order chi connectivity index (χ1) is 27.7. The highest BCUT2D eigenvalue weighted by Gasteiger charge is 2.52. The van der Waals surface area contributed by atoms with Gasteiger partial charge in [0.05, 0.1) is 57.1 Å². The molecule has 7 nitrogen and oxygen atoms in total. The number of para-hydroxylation sites is 2. The van der Waals surface area contributed by atoms with Gasteiger partial charge in [-0.05, 0) is 83.2 Å². The quantitative estimate of drug-likeness (QED) is 0.167. The lowest BCUT2D eigenvalue weighted by Gasteiger charge is -2.39. The molecule has 1 aliphatic heterocycles. The first kappa shape index (κ1) is 30.5. The molecule has 4 aromatic heterocycles. The first-order valence-electron chi connectivity index (χ1n) is 18.4. The number of hydrogen-bond donors (Lipinski definition) is 0. The van der Waals surface area contributed by atoms with Crippen LogP contribution in [0.4, 0.5) is 5.69 Å². The summed E-state index contributed by atoms with van der Waals surface area (Å²) in [5.41, 5.74) is 12.4. The molecule has 258 valence electrons. The van der Waals surface area contributed by atoms with Gasteiger partial charge < -0.3 is 13.9 Å². The van der Waals surface area contributed by atoms with E-state index in [4.69, 9.17) is 21.3 Å². The normalized spacial score (nSPS) is 13.2. The van der Waals surface area contributed by atoms with Crippen LogP contribution in [0.2, 0.25) is 0 Å². The molecule has 6 aromatic carbocycles. The molecular weight excluding hydrogens is 689 g/mol. The molecule has 5 heterocycles. The molecule has 7 heteroatoms. The van der Waals surface area contributed by atoms with E-state index in [0.717, 1.165) is 100 Å². The highest BCUT2D eigenvalue weighted by atomic mass is 16.5. The molecule has 0 fully saturated rings. The summed E-state index contributed by atoms with van der Waals surface area (Å²) >= 11 is 0. The van der Waals surface area contributed by atoms with E-state index in [9.17, 15) is 5.26 Å². The maximum absolute atomic E-state index is 9.76. The predicted molar refractivity (Wildman–Crippen MR) is 219 cm³/mol. The highest BCUT2D eigenvalue weighted by molar-refractivity contribution is 6.11. The van der Waals surface area contributed by atoms with Crippen molar-refractivity contribution in [3.63, 3.8) is 0 Å². The van der Waals surface area contributed by atoms with Gasteiger partial charge in [0, 0.05) is 63.2 Å². The number of pyridine rings is 2. The summed E-state index contributed by atoms with van der Waals surface area (Å²) in [6.45, 7) is 7.68. The Bertz CT molecular complexity index is 3220. The van der Waals surface area contributed by atoms with Crippen molar-refractivity contribution in [2.75, 3.05) is 0 Å². The smallest absolute Gasteiger partial charge is 0.188 e. The minimum Gasteiger partial charge on any atom is -0.457 e. The summed E-state index contributed by atoms with van der Waals surface area (Å²) < 4.78 is 11.7. The molecular formula is C49H26N6O. The fraction of sp³-hybridized carbons (Fsp3) is 0.0204. The van der Waals surface area contributed by atoms with E-state index in [1.54, 1.807) is 0 Å². The second kappa shape index (κ2) is 11.0. The average molecular weight is 715 g/mol. The van der Waals surface area contributed by atoms with Crippen LogP contribution in [0, 0.1) is 17.9 Å². The van der Waals surface area contributed by atoms with Crippen LogP contribution in [0.15, 0.2) is 158 Å². The molecule has 12 rings (SSSR count). The van der Waals surface area contributed by atoms with E-state index in [0.29, 0.717) is 11.3 Å². The highest BCUT2D eigenvalue weighted by Crippen LogP contribution is 2.61. The van der Waals surface area contributed by atoms with E-state index in [1.165, 1.54) is 0 Å². The van der Waals surface area contributed by atoms with Crippen molar-refractivity contribution in [3.05, 3.63) is 197 Å². The lowest BCUT2D eigenvalue weighted by atomic mass is 9.66. The summed E-state index contributed by atoms with van der Waals surface area (Å²) in [5, 5.41) is 14.0. The predicted octanol–water partition coefficient (Wildman–Crippen LogP) is 11.6. The Kier molecular flexibility index (Phi) is 5.99. The van der Waals surface area contributed by atoms with Crippen molar-refractivity contribution >= 4 is 49.3 Å². The number of benzene rings is 6. The van der Waals surface area contributed by atoms with Crippen LogP contribution < -0.4 is 4.74 Å². The van der Waals surface area contributed by atoms with Gasteiger partial charge in [-0.3, -0.25) is 9.97 Å². The van der Waals surface area contributed by atoms with Crippen LogP contribution >= 0.6 is 0 Å². The molecule has 1 aliphatic carbocycles. The molecule has 0 bridgehead atoms. The largest absolute Gasteiger partial charge is 0.457 e. The number of ether oxygens (including phenoxy) is 1. The maximum Gasteiger partial charge on any atom is 0.188 e. The Morgan fingerprint density at radius 1 is 0.536 bits per heavy atom. The third kappa shape index (κ3) is 3.83. The SMILES string of the molecule is [C-]#[N+]c1ccc2c(c1)c1ccccc1n2-c1ccc2c(c1)Oc1cc(-n3c4ccccc4c4cc(C#N)ccc43)ccc1C21c2cccnc2-c2ncccc21. The Morgan fingerprint density at radius 3 is 1.64 bits per heavy atom. The lowest BCUT2D eigenvalue weighted by Crippen LogP contribution is -2.32. The second-order valence-corrected chi connectivity index (χ2v) is 14.4. The van der Waals surface area contributed by atoms with Gasteiger partial charge >= 0.3 is 0 Å². The number of aromatic nitrogens is 4. The molecule has 0 radical (unpaired) electrons. The molecule has 56 heavy (non-hydrogen) atoms. The minimum absolute atomic E-state index is 0.609. The van der Waals surface area contributed by atoms with Crippen molar-refractivity contribution in [1.82, 2.24) is 19.1 Å². The Labute approximate surface area is 320 Å². The standard InChI is InChI=1S/C49H26N6O/c1-51-30-15-21-44-36(25-30)34-9-3-5-13-42(34)55(44)32-17-19-38-46(27-32)56-45-26-31(54-41-12-4-2-8-33(41)35-24-29(28-50)14-20-43(35)54)16-18-37(45)49(38)39-10-6-22-52-47(39)48-40(49)11-7-23-53-48/h2-27H. The molecule has 10 aromatic rings. The zero-order chi connectivity index (χ0) is 37.1. The van der Waals surface area contributed by atoms with Gasteiger partial charge in [-0.15, -0.1) is 0 Å². The fourth-order valence-electron chi connectivity index (χ4n) is 9.50. The van der Waals surface area contributed by atoms with E-state index >= 15 is 0 Å². The zero-order valence-corrected chi connectivity index (χ0v) is 29.6. The number of hydrogen-bond acceptors (Lipinski definition) is 4. The van der Waals surface area contributed by atoms with E-state index in [2.05, 4.69) is 98.9 Å². The Hall–Kier alpha value is -8.00. The van der Waals surface area contributed by atoms with E-state index in [1.807, 2.05) is 79.1 Å². The van der Waals surface area contributed by atoms with Crippen LogP contribution in [0.5, 0.6) is 11.5 Å². The van der Waals surface area contributed by atoms with Gasteiger partial charge in [0.15, 0.2) is 5.69 Å². The average Bonchev–Trinajstić information content (AvgIpc) is 3.87. The van der Waals surface area contributed by atoms with E-state index in [-0.39, 0.29) is 0 Å². The third-order valence-corrected chi connectivity index (χ3v) is 11.7. The van der Waals surface area contributed by atoms with Gasteiger partial charge in [0.2, 0.25) is 0 Å². The number of nitrogens with zero attached hydrogens (tertiary/aromatic N) is 6. The number of nitriles is 1. The molecule has 0 saturated heterocycles. The lowest BCUT2D eigenvalue weighted by molar-refractivity contribution is 0.436. The van der Waals surface area contributed by atoms with Gasteiger partial charge in [0.25, 0.3) is 0 Å². The monoisotopic (exact) mass is 714 g/mol. The zero-order valence-electron chi connectivity index (χ0n) is 29.6. The van der Waals surface area contributed by atoms with Crippen molar-refractivity contribution < 1.29 is 4.74 Å². The van der Waals surface area contributed by atoms with Crippen LogP contribution in [0.3, 0.4) is 0 Å². The Balaban J connectivity index is 1.15. The third-order valence-electron chi connectivity index (χ3n) is 11.7. The molecule has 1 spiro atoms. The van der Waals surface area contributed by atoms with Gasteiger partial charge in [-0.25, -0.2) is 4.85 Å². The maximum atomic E-state index is 9.76. The summed E-state index contributed by atoms with van der Waals surface area (Å²) in [6.07, 6.45) is 3.68. The van der Waals surface area contributed by atoms with Crippen molar-refractivity contribution in [3.8, 4) is 40.3 Å². The topological polar surface area (TPSA) is 73.0 Å². The summed E-state index contributed by atoms with van der Waals surface area (Å²) in [5.74, 6) is 1.48. The Morgan fingerprint density at radius 2 is 1.07 bits per heavy atom. The summed E-state index contributed by atoms with van der Waals surface area (Å²) in [7, 11) is 0. The molecule has 0 amide bonds. The van der Waals surface area contributed by atoms with E-state index < -0.39 is 5.41 Å². The van der Waals surface area contributed by atoms with Crippen molar-refractivity contribution in [1.29, 1.82) is 5.26 Å². The summed E-state index contributed by atoms with van der Waals surface area (Å²) in [6, 6.07) is 52.2. The second-order valence-electron chi connectivity index (χ2n) is 14.4. The number of fused-ring (bicyclic) bond motifs is 15. The molecule has 0 N–H and O–H groups in total. The van der Waals surface area contributed by atoms with Crippen LogP contribution in [-0.4, -0.2) is 19.1 Å². The van der Waals surface area contributed by atoms with Gasteiger partial charge in [0.1, 0.15) is 11.5 Å². The van der Waals surface area contributed by atoms with Crippen LogP contribution in [-0.2, 0) is 5.41 Å². The van der Waals surface area contributed by atoms with Crippen LogP contribution in [0.1, 0.15) is 27.8 Å². The molecule has 0 saturated carbocycles. The van der Waals surface area contributed by atoms with Crippen LogP contribution in [0.25, 0.3) is 71.2 Å². The molecule has 0 unspecified atom stereocenters. The van der Waals surface area contributed by atoms with Crippen molar-refractivity contribution in [2.24, 2.45) is 0 Å². The first-order valence-corrected chi connectivity index (χ1v) is 18.4. The molecule has 0 atom stereocenters. The number of rotatable bonds is 2. The fourth-order valence-corrected chi connectivity index (χ4v) is 9.50. The van der Waals surface area contributed by atoms with Crippen molar-refractivity contribution in [2.45, 2.75) is 5.41 Å². The summed E-state index contributed by atoms with van der Waals surface area (Å²) in [4.78, 5) is 13.6. The molecule has 2 aliphatic rings. The van der Waals surface area contributed by atoms with Gasteiger partial charge in [-0.1, -0.05) is 66.7 Å². The van der Waals surface area contributed by atoms with Gasteiger partial charge in [-0.2, -0.15) is 5.26 Å². The minimum atomic E-state index is -0.749.